The van der Waals surface area contributed by atoms with Gasteiger partial charge < -0.3 is 4.42 Å². The van der Waals surface area contributed by atoms with Gasteiger partial charge in [-0.3, -0.25) is 4.79 Å². The van der Waals surface area contributed by atoms with Crippen LogP contribution in [0.3, 0.4) is 0 Å². The van der Waals surface area contributed by atoms with Crippen molar-refractivity contribution in [3.63, 3.8) is 0 Å². The molecule has 0 unspecified atom stereocenters. The van der Waals surface area contributed by atoms with Gasteiger partial charge in [-0.1, -0.05) is 12.1 Å². The van der Waals surface area contributed by atoms with Crippen molar-refractivity contribution < 1.29 is 9.21 Å². The molecule has 0 fully saturated rings. The summed E-state index contributed by atoms with van der Waals surface area (Å²) in [5.41, 5.74) is 2.39. The predicted octanol–water partition coefficient (Wildman–Crippen LogP) is 3.88. The second kappa shape index (κ2) is 6.92. The van der Waals surface area contributed by atoms with E-state index in [1.807, 2.05) is 6.07 Å². The molecule has 3 rings (SSSR count). The van der Waals surface area contributed by atoms with E-state index in [1.165, 1.54) is 10.8 Å². The lowest BCUT2D eigenvalue weighted by Gasteiger charge is -2.01. The third kappa shape index (κ3) is 3.17. The van der Waals surface area contributed by atoms with Crippen LogP contribution in [0.25, 0.3) is 17.4 Å². The number of carbonyl (C=O) groups is 1. The fourth-order valence-corrected chi connectivity index (χ4v) is 2.60. The van der Waals surface area contributed by atoms with Gasteiger partial charge in [0, 0.05) is 17.3 Å². The van der Waals surface area contributed by atoms with Crippen LogP contribution in [0.2, 0.25) is 0 Å². The monoisotopic (exact) mass is 342 g/mol. The lowest BCUT2D eigenvalue weighted by atomic mass is 10.1. The Morgan fingerprint density at radius 2 is 1.96 bits per heavy atom. The van der Waals surface area contributed by atoms with E-state index in [0.717, 1.165) is 0 Å². The molecular formula is C20H14N4O2. The van der Waals surface area contributed by atoms with E-state index >= 15 is 0 Å². The molecule has 0 aliphatic heterocycles. The van der Waals surface area contributed by atoms with E-state index in [-0.39, 0.29) is 5.57 Å². The Morgan fingerprint density at radius 3 is 2.62 bits per heavy atom. The van der Waals surface area contributed by atoms with Crippen molar-refractivity contribution in [2.75, 3.05) is 0 Å². The second-order valence-corrected chi connectivity index (χ2v) is 5.67. The number of hydrogen-bond donors (Lipinski definition) is 0. The molecule has 0 saturated carbocycles. The third-order valence-electron chi connectivity index (χ3n) is 3.78. The molecule has 0 bridgehead atoms. The molecule has 0 amide bonds. The van der Waals surface area contributed by atoms with Crippen LogP contribution in [0.4, 0.5) is 0 Å². The van der Waals surface area contributed by atoms with Crippen LogP contribution in [0.15, 0.2) is 52.5 Å². The number of furan rings is 1. The van der Waals surface area contributed by atoms with Gasteiger partial charge in [-0.2, -0.15) is 15.6 Å². The topological polar surface area (TPSA) is 95.6 Å². The highest BCUT2D eigenvalue weighted by Crippen LogP contribution is 2.26. The largest absolute Gasteiger partial charge is 0.457 e. The number of benzene rings is 1. The van der Waals surface area contributed by atoms with Gasteiger partial charge in [-0.05, 0) is 44.2 Å². The summed E-state index contributed by atoms with van der Waals surface area (Å²) in [6, 6.07) is 16.2. The van der Waals surface area contributed by atoms with E-state index in [1.54, 1.807) is 56.3 Å². The van der Waals surface area contributed by atoms with E-state index in [2.05, 4.69) is 11.2 Å². The Kier molecular flexibility index (Phi) is 4.51. The van der Waals surface area contributed by atoms with Crippen molar-refractivity contribution in [1.82, 2.24) is 9.78 Å². The van der Waals surface area contributed by atoms with Crippen molar-refractivity contribution in [3.8, 4) is 23.5 Å². The van der Waals surface area contributed by atoms with Crippen LogP contribution >= 0.6 is 0 Å². The number of nitriles is 2. The number of aromatic nitrogens is 2. The van der Waals surface area contributed by atoms with Crippen molar-refractivity contribution >= 4 is 12.0 Å². The number of carbonyl (C=O) groups excluding carboxylic acids is 1. The van der Waals surface area contributed by atoms with Crippen molar-refractivity contribution in [3.05, 3.63) is 70.7 Å². The molecule has 6 heteroatoms. The van der Waals surface area contributed by atoms with Crippen LogP contribution < -0.4 is 0 Å². The SMILES string of the molecule is Cc1cc(C)n(C(=O)/C(C#N)=C/c2ccc(-c3ccccc3C#N)o2)n1. The fourth-order valence-electron chi connectivity index (χ4n) is 2.60. The highest BCUT2D eigenvalue weighted by atomic mass is 16.3. The molecule has 0 radical (unpaired) electrons. The van der Waals surface area contributed by atoms with Crippen LogP contribution in [-0.4, -0.2) is 15.7 Å². The normalized spacial score (nSPS) is 11.0. The number of aryl methyl sites for hydroxylation is 2. The highest BCUT2D eigenvalue weighted by Gasteiger charge is 2.16. The number of nitrogens with zero attached hydrogens (tertiary/aromatic N) is 4. The lowest BCUT2D eigenvalue weighted by molar-refractivity contribution is 0.0943. The van der Waals surface area contributed by atoms with E-state index in [0.29, 0.717) is 34.0 Å². The summed E-state index contributed by atoms with van der Waals surface area (Å²) in [5, 5.41) is 22.7. The number of rotatable bonds is 3. The van der Waals surface area contributed by atoms with Crippen molar-refractivity contribution in [2.45, 2.75) is 13.8 Å². The molecule has 0 atom stereocenters. The van der Waals surface area contributed by atoms with Gasteiger partial charge in [0.05, 0.1) is 17.3 Å². The van der Waals surface area contributed by atoms with Gasteiger partial charge in [-0.15, -0.1) is 0 Å². The first-order chi connectivity index (χ1) is 12.5. The minimum atomic E-state index is -0.520. The first kappa shape index (κ1) is 16.9. The molecule has 0 N–H and O–H groups in total. The molecule has 26 heavy (non-hydrogen) atoms. The third-order valence-corrected chi connectivity index (χ3v) is 3.78. The average Bonchev–Trinajstić information content (AvgIpc) is 3.25. The van der Waals surface area contributed by atoms with Crippen LogP contribution in [-0.2, 0) is 0 Å². The summed E-state index contributed by atoms with van der Waals surface area (Å²) >= 11 is 0. The summed E-state index contributed by atoms with van der Waals surface area (Å²) < 4.78 is 6.90. The maximum Gasteiger partial charge on any atom is 0.289 e. The minimum Gasteiger partial charge on any atom is -0.457 e. The van der Waals surface area contributed by atoms with Crippen molar-refractivity contribution in [2.24, 2.45) is 0 Å². The minimum absolute atomic E-state index is 0.0920. The van der Waals surface area contributed by atoms with Gasteiger partial charge in [0.1, 0.15) is 23.2 Å². The van der Waals surface area contributed by atoms with Crippen LogP contribution in [0.1, 0.15) is 27.5 Å². The lowest BCUT2D eigenvalue weighted by Crippen LogP contribution is -2.15. The smallest absolute Gasteiger partial charge is 0.289 e. The van der Waals surface area contributed by atoms with Gasteiger partial charge in [0.25, 0.3) is 5.91 Å². The predicted molar refractivity (Wildman–Crippen MR) is 94.8 cm³/mol. The molecule has 6 nitrogen and oxygen atoms in total. The maximum absolute atomic E-state index is 12.5. The van der Waals surface area contributed by atoms with Crippen molar-refractivity contribution in [1.29, 1.82) is 10.5 Å². The zero-order chi connectivity index (χ0) is 18.7. The summed E-state index contributed by atoms with van der Waals surface area (Å²) in [7, 11) is 0. The van der Waals surface area contributed by atoms with Gasteiger partial charge in [0.2, 0.25) is 0 Å². The molecule has 126 valence electrons. The summed E-state index contributed by atoms with van der Waals surface area (Å²) in [6.07, 6.45) is 1.37. The van der Waals surface area contributed by atoms with Crippen LogP contribution in [0, 0.1) is 36.5 Å². The standard InChI is InChI=1S/C20H14N4O2/c1-13-9-14(2)24(23-13)20(25)16(12-22)10-17-7-8-19(26-17)18-6-4-3-5-15(18)11-21/h3-10H,1-2H3/b16-10+. The Morgan fingerprint density at radius 1 is 1.19 bits per heavy atom. The Labute approximate surface area is 150 Å². The van der Waals surface area contributed by atoms with Gasteiger partial charge in [-0.25, -0.2) is 4.68 Å². The quantitative estimate of drug-likeness (QED) is 0.531. The molecular weight excluding hydrogens is 328 g/mol. The molecule has 1 aromatic carbocycles. The van der Waals surface area contributed by atoms with Gasteiger partial charge >= 0.3 is 0 Å². The zero-order valence-corrected chi connectivity index (χ0v) is 14.2. The molecule has 2 aromatic heterocycles. The zero-order valence-electron chi connectivity index (χ0n) is 14.2. The Bertz CT molecular complexity index is 1100. The first-order valence-corrected chi connectivity index (χ1v) is 7.82. The molecule has 0 aliphatic carbocycles. The Hall–Kier alpha value is -3.90. The van der Waals surface area contributed by atoms with E-state index in [4.69, 9.17) is 4.42 Å². The average molecular weight is 342 g/mol. The fraction of sp³-hybridized carbons (Fsp3) is 0.100. The number of allylic oxidation sites excluding steroid dienone is 1. The molecule has 0 saturated heterocycles. The van der Waals surface area contributed by atoms with E-state index in [9.17, 15) is 15.3 Å². The maximum atomic E-state index is 12.5. The molecule has 2 heterocycles. The van der Waals surface area contributed by atoms with Crippen LogP contribution in [0.5, 0.6) is 0 Å². The second-order valence-electron chi connectivity index (χ2n) is 5.67. The summed E-state index contributed by atoms with van der Waals surface area (Å²) in [5.74, 6) is 0.317. The molecule has 0 spiro atoms. The summed E-state index contributed by atoms with van der Waals surface area (Å²) in [4.78, 5) is 12.5. The van der Waals surface area contributed by atoms with Gasteiger partial charge in [0.15, 0.2) is 0 Å². The number of hydrogen-bond acceptors (Lipinski definition) is 5. The first-order valence-electron chi connectivity index (χ1n) is 7.82. The molecule has 3 aromatic rings. The van der Waals surface area contributed by atoms with E-state index < -0.39 is 5.91 Å². The molecule has 0 aliphatic rings. The summed E-state index contributed by atoms with van der Waals surface area (Å²) in [6.45, 7) is 3.52. The Balaban J connectivity index is 1.96. The highest BCUT2D eigenvalue weighted by molar-refractivity contribution is 6.02.